The topological polar surface area (TPSA) is 44.7 Å². The number of likely N-dealkylation sites (tertiary alicyclic amines) is 1. The van der Waals surface area contributed by atoms with Gasteiger partial charge in [0.25, 0.3) is 0 Å². The van der Waals surface area contributed by atoms with Gasteiger partial charge in [0.1, 0.15) is 0 Å². The van der Waals surface area contributed by atoms with Crippen molar-refractivity contribution in [2.75, 3.05) is 26.2 Å². The van der Waals surface area contributed by atoms with Gasteiger partial charge in [-0.2, -0.15) is 0 Å². The monoisotopic (exact) mass is 186 g/mol. The molecule has 1 unspecified atom stereocenters. The lowest BCUT2D eigenvalue weighted by molar-refractivity contribution is -0.00100. The Labute approximate surface area is 78.8 Å². The number of nitrogens with one attached hydrogen (secondary N) is 1. The maximum Gasteiger partial charge on any atom is 0.0929 e. The van der Waals surface area contributed by atoms with Crippen LogP contribution in [0.3, 0.4) is 0 Å². The normalized spacial score (nSPS) is 32.5. The molecule has 0 bridgehead atoms. The second-order valence-electron chi connectivity index (χ2n) is 3.95. The molecular formula is C9H18N2O2. The summed E-state index contributed by atoms with van der Waals surface area (Å²) in [5, 5.41) is 9.32. The molecule has 2 aliphatic heterocycles. The van der Waals surface area contributed by atoms with E-state index < -0.39 is 0 Å². The van der Waals surface area contributed by atoms with Crippen LogP contribution in [-0.2, 0) is 4.84 Å². The van der Waals surface area contributed by atoms with Gasteiger partial charge >= 0.3 is 0 Å². The number of hydrogen-bond donors (Lipinski definition) is 2. The van der Waals surface area contributed by atoms with Gasteiger partial charge in [-0.3, -0.25) is 4.84 Å². The number of hydrogen-bond acceptors (Lipinski definition) is 4. The van der Waals surface area contributed by atoms with Crippen LogP contribution in [0.25, 0.3) is 0 Å². The van der Waals surface area contributed by atoms with Crippen LogP contribution in [-0.4, -0.2) is 48.4 Å². The smallest absolute Gasteiger partial charge is 0.0929 e. The first kappa shape index (κ1) is 9.40. The zero-order valence-electron chi connectivity index (χ0n) is 7.91. The molecule has 0 amide bonds. The number of rotatable bonds is 2. The van der Waals surface area contributed by atoms with E-state index in [0.29, 0.717) is 6.10 Å². The Morgan fingerprint density at radius 1 is 1.31 bits per heavy atom. The van der Waals surface area contributed by atoms with E-state index in [9.17, 15) is 5.11 Å². The highest BCUT2D eigenvalue weighted by molar-refractivity contribution is 4.75. The first-order valence-electron chi connectivity index (χ1n) is 5.13. The zero-order chi connectivity index (χ0) is 9.10. The molecule has 1 atom stereocenters. The maximum absolute atomic E-state index is 9.32. The van der Waals surface area contributed by atoms with E-state index in [1.165, 1.54) is 0 Å². The molecule has 0 aromatic heterocycles. The summed E-state index contributed by atoms with van der Waals surface area (Å²) in [5.74, 6) is 0. The van der Waals surface area contributed by atoms with Crippen molar-refractivity contribution < 1.29 is 9.94 Å². The van der Waals surface area contributed by atoms with E-state index in [4.69, 9.17) is 4.84 Å². The second-order valence-corrected chi connectivity index (χ2v) is 3.95. The summed E-state index contributed by atoms with van der Waals surface area (Å²) in [6.45, 7) is 4.02. The maximum atomic E-state index is 9.32. The highest BCUT2D eigenvalue weighted by atomic mass is 16.7. The summed E-state index contributed by atoms with van der Waals surface area (Å²) < 4.78 is 0. The summed E-state index contributed by atoms with van der Waals surface area (Å²) in [6, 6.07) is 0. The van der Waals surface area contributed by atoms with Crippen molar-refractivity contribution in [1.29, 1.82) is 0 Å². The van der Waals surface area contributed by atoms with E-state index in [-0.39, 0.29) is 6.10 Å². The molecule has 2 N–H and O–H groups in total. The number of aliphatic hydroxyl groups is 1. The Hall–Kier alpha value is -0.160. The van der Waals surface area contributed by atoms with Crippen molar-refractivity contribution in [2.24, 2.45) is 0 Å². The molecule has 2 aliphatic rings. The third-order valence-corrected chi connectivity index (χ3v) is 2.84. The van der Waals surface area contributed by atoms with Gasteiger partial charge in [0, 0.05) is 26.2 Å². The summed E-state index contributed by atoms with van der Waals surface area (Å²) in [7, 11) is 0. The first-order valence-corrected chi connectivity index (χ1v) is 5.13. The molecule has 0 aliphatic carbocycles. The van der Waals surface area contributed by atoms with Crippen molar-refractivity contribution in [3.8, 4) is 0 Å². The lowest BCUT2D eigenvalue weighted by atomic mass is 10.1. The van der Waals surface area contributed by atoms with Crippen LogP contribution < -0.4 is 5.48 Å². The molecule has 2 fully saturated rings. The van der Waals surface area contributed by atoms with Crippen LogP contribution in [0.2, 0.25) is 0 Å². The molecular weight excluding hydrogens is 168 g/mol. The molecule has 76 valence electrons. The predicted octanol–water partition coefficient (Wildman–Crippen LogP) is -0.263. The van der Waals surface area contributed by atoms with Crippen molar-refractivity contribution >= 4 is 0 Å². The lowest BCUT2D eigenvalue weighted by Gasteiger charge is -2.30. The number of aliphatic hydroxyl groups excluding tert-OH is 1. The van der Waals surface area contributed by atoms with E-state index in [1.54, 1.807) is 0 Å². The highest BCUT2D eigenvalue weighted by Gasteiger charge is 2.22. The largest absolute Gasteiger partial charge is 0.393 e. The SMILES string of the molecule is OC1CCN(CC2CCNO2)CC1. The van der Waals surface area contributed by atoms with Gasteiger partial charge in [0.2, 0.25) is 0 Å². The van der Waals surface area contributed by atoms with Gasteiger partial charge in [-0.05, 0) is 19.3 Å². The quantitative estimate of drug-likeness (QED) is 0.623. The fourth-order valence-electron chi connectivity index (χ4n) is 1.97. The third kappa shape index (κ3) is 2.64. The van der Waals surface area contributed by atoms with Crippen LogP contribution in [0.4, 0.5) is 0 Å². The van der Waals surface area contributed by atoms with Crippen LogP contribution in [0.5, 0.6) is 0 Å². The van der Waals surface area contributed by atoms with E-state index in [2.05, 4.69) is 10.4 Å². The summed E-state index contributed by atoms with van der Waals surface area (Å²) in [4.78, 5) is 7.71. The van der Waals surface area contributed by atoms with Crippen molar-refractivity contribution in [3.05, 3.63) is 0 Å². The Morgan fingerprint density at radius 3 is 2.69 bits per heavy atom. The fraction of sp³-hybridized carbons (Fsp3) is 1.00. The highest BCUT2D eigenvalue weighted by Crippen LogP contribution is 2.12. The average Bonchev–Trinajstić information content (AvgIpc) is 2.62. The molecule has 0 radical (unpaired) electrons. The molecule has 2 heterocycles. The van der Waals surface area contributed by atoms with Crippen molar-refractivity contribution in [3.63, 3.8) is 0 Å². The third-order valence-electron chi connectivity index (χ3n) is 2.84. The van der Waals surface area contributed by atoms with Crippen molar-refractivity contribution in [2.45, 2.75) is 31.5 Å². The first-order chi connectivity index (χ1) is 6.34. The van der Waals surface area contributed by atoms with Gasteiger partial charge in [0.05, 0.1) is 12.2 Å². The molecule has 4 nitrogen and oxygen atoms in total. The number of piperidine rings is 1. The Balaban J connectivity index is 1.69. The summed E-state index contributed by atoms with van der Waals surface area (Å²) >= 11 is 0. The van der Waals surface area contributed by atoms with Crippen LogP contribution in [0.1, 0.15) is 19.3 Å². The van der Waals surface area contributed by atoms with Gasteiger partial charge in [0.15, 0.2) is 0 Å². The van der Waals surface area contributed by atoms with Crippen LogP contribution >= 0.6 is 0 Å². The Morgan fingerprint density at radius 2 is 2.08 bits per heavy atom. The molecule has 0 aromatic carbocycles. The van der Waals surface area contributed by atoms with Crippen LogP contribution in [0.15, 0.2) is 0 Å². The van der Waals surface area contributed by atoms with Gasteiger partial charge < -0.3 is 10.0 Å². The molecule has 0 saturated carbocycles. The standard InChI is InChI=1S/C9H18N2O2/c12-8-2-5-11(6-3-8)7-9-1-4-10-13-9/h8-10,12H,1-7H2. The minimum atomic E-state index is -0.0705. The summed E-state index contributed by atoms with van der Waals surface area (Å²) in [6.07, 6.45) is 3.23. The van der Waals surface area contributed by atoms with Crippen molar-refractivity contribution in [1.82, 2.24) is 10.4 Å². The Bertz CT molecular complexity index is 152. The van der Waals surface area contributed by atoms with E-state index in [0.717, 1.165) is 45.4 Å². The molecule has 0 spiro atoms. The summed E-state index contributed by atoms with van der Waals surface area (Å²) in [5.41, 5.74) is 2.89. The second kappa shape index (κ2) is 4.37. The average molecular weight is 186 g/mol. The molecule has 4 heteroatoms. The fourth-order valence-corrected chi connectivity index (χ4v) is 1.97. The van der Waals surface area contributed by atoms with Gasteiger partial charge in [-0.25, -0.2) is 5.48 Å². The lowest BCUT2D eigenvalue weighted by Crippen LogP contribution is -2.40. The predicted molar refractivity (Wildman–Crippen MR) is 49.2 cm³/mol. The Kier molecular flexibility index (Phi) is 3.16. The van der Waals surface area contributed by atoms with Gasteiger partial charge in [-0.1, -0.05) is 0 Å². The number of nitrogens with zero attached hydrogens (tertiary/aromatic N) is 1. The zero-order valence-corrected chi connectivity index (χ0v) is 7.91. The molecule has 2 rings (SSSR count). The minimum Gasteiger partial charge on any atom is -0.393 e. The number of hydroxylamine groups is 1. The molecule has 2 saturated heterocycles. The minimum absolute atomic E-state index is 0.0705. The van der Waals surface area contributed by atoms with E-state index >= 15 is 0 Å². The van der Waals surface area contributed by atoms with Crippen LogP contribution in [0, 0.1) is 0 Å². The van der Waals surface area contributed by atoms with Gasteiger partial charge in [-0.15, -0.1) is 0 Å². The molecule has 13 heavy (non-hydrogen) atoms. The van der Waals surface area contributed by atoms with E-state index in [1.807, 2.05) is 0 Å². The molecule has 0 aromatic rings.